The summed E-state index contributed by atoms with van der Waals surface area (Å²) < 4.78 is 1.88. The highest BCUT2D eigenvalue weighted by molar-refractivity contribution is 5.90. The lowest BCUT2D eigenvalue weighted by Gasteiger charge is -2.40. The Balaban J connectivity index is 1.25. The summed E-state index contributed by atoms with van der Waals surface area (Å²) >= 11 is 0. The summed E-state index contributed by atoms with van der Waals surface area (Å²) in [5, 5.41) is 18.0. The third kappa shape index (κ3) is 3.37. The Hall–Kier alpha value is -2.45. The number of fused-ring (bicyclic) bond motifs is 1. The van der Waals surface area contributed by atoms with E-state index in [2.05, 4.69) is 28.6 Å². The van der Waals surface area contributed by atoms with Gasteiger partial charge in [-0.3, -0.25) is 19.5 Å². The molecular formula is C22H29N5O3. The average molecular weight is 412 g/mol. The number of nitrogens with zero attached hydrogens (tertiary/aromatic N) is 3. The van der Waals surface area contributed by atoms with Crippen LogP contribution in [0.15, 0.2) is 24.4 Å². The van der Waals surface area contributed by atoms with Crippen LogP contribution in [0.5, 0.6) is 0 Å². The van der Waals surface area contributed by atoms with Crippen LogP contribution >= 0.6 is 0 Å². The van der Waals surface area contributed by atoms with Crippen LogP contribution in [-0.2, 0) is 16.6 Å². The highest BCUT2D eigenvalue weighted by Gasteiger charge is 2.52. The van der Waals surface area contributed by atoms with Crippen LogP contribution in [0.1, 0.15) is 43.6 Å². The quantitative estimate of drug-likeness (QED) is 0.526. The molecule has 3 aliphatic rings. The van der Waals surface area contributed by atoms with Gasteiger partial charge in [-0.25, -0.2) is 5.48 Å². The third-order valence-corrected chi connectivity index (χ3v) is 7.47. The number of hydrogen-bond donors (Lipinski definition) is 3. The van der Waals surface area contributed by atoms with Gasteiger partial charge >= 0.3 is 0 Å². The second-order valence-corrected chi connectivity index (χ2v) is 9.33. The second kappa shape index (κ2) is 7.35. The van der Waals surface area contributed by atoms with Crippen LogP contribution in [0, 0.1) is 11.3 Å². The summed E-state index contributed by atoms with van der Waals surface area (Å²) in [4.78, 5) is 27.4. The van der Waals surface area contributed by atoms with E-state index < -0.39 is 17.9 Å². The van der Waals surface area contributed by atoms with Crippen molar-refractivity contribution in [3.05, 3.63) is 30.0 Å². The first-order chi connectivity index (χ1) is 14.5. The van der Waals surface area contributed by atoms with Gasteiger partial charge in [-0.15, -0.1) is 0 Å². The van der Waals surface area contributed by atoms with Crippen LogP contribution in [0.4, 0.5) is 0 Å². The van der Waals surface area contributed by atoms with Gasteiger partial charge in [-0.2, -0.15) is 5.10 Å². The van der Waals surface area contributed by atoms with Crippen molar-refractivity contribution in [1.82, 2.24) is 25.5 Å². The Morgan fingerprint density at radius 3 is 2.73 bits per heavy atom. The molecule has 5 rings (SSSR count). The molecule has 1 aromatic carbocycles. The van der Waals surface area contributed by atoms with Crippen molar-refractivity contribution in [1.29, 1.82) is 0 Å². The molecule has 3 heterocycles. The fraction of sp³-hybridized carbons (Fsp3) is 0.591. The second-order valence-electron chi connectivity index (χ2n) is 9.33. The number of benzene rings is 1. The van der Waals surface area contributed by atoms with Crippen molar-refractivity contribution in [2.45, 2.75) is 44.1 Å². The zero-order valence-electron chi connectivity index (χ0n) is 17.3. The Morgan fingerprint density at radius 2 is 2.03 bits per heavy atom. The smallest absolute Gasteiger partial charge is 0.248 e. The minimum absolute atomic E-state index is 0.0136. The van der Waals surface area contributed by atoms with E-state index in [1.807, 2.05) is 22.8 Å². The lowest BCUT2D eigenvalue weighted by Crippen LogP contribution is -2.59. The monoisotopic (exact) mass is 411 g/mol. The lowest BCUT2D eigenvalue weighted by atomic mass is 9.81. The number of carbonyl (C=O) groups excluding carboxylic acids is 2. The molecule has 1 spiro atoms. The SMILES string of the molecule is Cn1ncc2cc(C3CCN(C(=O)[C@H]4NCC5(CC5)C[C@@H]4C(=O)NO)CC3)ccc21. The molecule has 8 heteroatoms. The first kappa shape index (κ1) is 19.5. The molecule has 2 atom stereocenters. The Labute approximate surface area is 175 Å². The summed E-state index contributed by atoms with van der Waals surface area (Å²) in [6, 6.07) is 5.95. The van der Waals surface area contributed by atoms with E-state index in [0.29, 0.717) is 25.4 Å². The highest BCUT2D eigenvalue weighted by atomic mass is 16.5. The van der Waals surface area contributed by atoms with Gasteiger partial charge in [0.15, 0.2) is 0 Å². The van der Waals surface area contributed by atoms with Gasteiger partial charge in [0, 0.05) is 32.1 Å². The van der Waals surface area contributed by atoms with Gasteiger partial charge in [-0.05, 0) is 61.1 Å². The molecule has 0 bridgehead atoms. The molecule has 1 aliphatic carbocycles. The van der Waals surface area contributed by atoms with E-state index >= 15 is 0 Å². The molecule has 30 heavy (non-hydrogen) atoms. The standard InChI is InChI=1S/C22H29N5O3/c1-26-18-3-2-15(10-16(18)12-24-26)14-4-8-27(9-5-14)21(29)19-17(20(28)25-30)11-22(6-7-22)13-23-19/h2-3,10,12,14,17,19,23,30H,4-9,11,13H2,1H3,(H,25,28)/t17-,19-/m0/s1. The Kier molecular flexibility index (Phi) is 4.78. The van der Waals surface area contributed by atoms with Crippen LogP contribution in [0.3, 0.4) is 0 Å². The number of likely N-dealkylation sites (tertiary alicyclic amines) is 1. The normalized spacial score (nSPS) is 26.1. The Bertz CT molecular complexity index is 974. The molecular weight excluding hydrogens is 382 g/mol. The molecule has 3 N–H and O–H groups in total. The number of hydroxylamine groups is 1. The maximum Gasteiger partial charge on any atom is 0.248 e. The molecule has 0 radical (unpaired) electrons. The van der Waals surface area contributed by atoms with Crippen molar-refractivity contribution in [2.24, 2.45) is 18.4 Å². The summed E-state index contributed by atoms with van der Waals surface area (Å²) in [6.07, 6.45) is 6.55. The first-order valence-electron chi connectivity index (χ1n) is 10.9. The zero-order chi connectivity index (χ0) is 20.9. The number of carbonyl (C=O) groups is 2. The predicted molar refractivity (Wildman–Crippen MR) is 111 cm³/mol. The molecule has 2 amide bonds. The summed E-state index contributed by atoms with van der Waals surface area (Å²) in [5.74, 6) is -0.555. The van der Waals surface area contributed by atoms with E-state index in [9.17, 15) is 9.59 Å². The maximum atomic E-state index is 13.2. The van der Waals surface area contributed by atoms with E-state index in [1.54, 1.807) is 5.48 Å². The molecule has 2 saturated heterocycles. The summed E-state index contributed by atoms with van der Waals surface area (Å²) in [5.41, 5.74) is 4.34. The van der Waals surface area contributed by atoms with E-state index in [4.69, 9.17) is 5.21 Å². The number of aryl methyl sites for hydroxylation is 1. The summed E-state index contributed by atoms with van der Waals surface area (Å²) in [6.45, 7) is 2.15. The fourth-order valence-corrected chi connectivity index (χ4v) is 5.34. The molecule has 1 saturated carbocycles. The van der Waals surface area contributed by atoms with Gasteiger partial charge in [0.25, 0.3) is 0 Å². The first-order valence-corrected chi connectivity index (χ1v) is 10.9. The number of rotatable bonds is 3. The van der Waals surface area contributed by atoms with Crippen molar-refractivity contribution in [3.8, 4) is 0 Å². The van der Waals surface area contributed by atoms with Crippen molar-refractivity contribution >= 4 is 22.7 Å². The van der Waals surface area contributed by atoms with Gasteiger partial charge < -0.3 is 10.2 Å². The Morgan fingerprint density at radius 1 is 1.27 bits per heavy atom. The van der Waals surface area contributed by atoms with Crippen molar-refractivity contribution in [3.63, 3.8) is 0 Å². The molecule has 8 nitrogen and oxygen atoms in total. The van der Waals surface area contributed by atoms with Gasteiger partial charge in [0.2, 0.25) is 11.8 Å². The van der Waals surface area contributed by atoms with Crippen LogP contribution in [0.25, 0.3) is 10.9 Å². The number of nitrogens with one attached hydrogen (secondary N) is 2. The average Bonchev–Trinajstić information content (AvgIpc) is 3.44. The van der Waals surface area contributed by atoms with E-state index in [0.717, 1.165) is 43.1 Å². The van der Waals surface area contributed by atoms with E-state index in [-0.39, 0.29) is 11.3 Å². The molecule has 2 aromatic rings. The van der Waals surface area contributed by atoms with Gasteiger partial charge in [0.05, 0.1) is 23.7 Å². The molecule has 3 fully saturated rings. The maximum absolute atomic E-state index is 13.2. The van der Waals surface area contributed by atoms with Gasteiger partial charge in [0.1, 0.15) is 0 Å². The predicted octanol–water partition coefficient (Wildman–Crippen LogP) is 1.54. The van der Waals surface area contributed by atoms with Crippen LogP contribution in [0.2, 0.25) is 0 Å². The van der Waals surface area contributed by atoms with Gasteiger partial charge in [-0.1, -0.05) is 6.07 Å². The van der Waals surface area contributed by atoms with Crippen molar-refractivity contribution < 1.29 is 14.8 Å². The number of aromatic nitrogens is 2. The fourth-order valence-electron chi connectivity index (χ4n) is 5.34. The molecule has 2 aliphatic heterocycles. The minimum atomic E-state index is -0.549. The number of amides is 2. The van der Waals surface area contributed by atoms with Crippen molar-refractivity contribution in [2.75, 3.05) is 19.6 Å². The zero-order valence-corrected chi connectivity index (χ0v) is 17.3. The third-order valence-electron chi connectivity index (χ3n) is 7.47. The molecule has 1 aromatic heterocycles. The van der Waals surface area contributed by atoms with Crippen LogP contribution < -0.4 is 10.8 Å². The highest BCUT2D eigenvalue weighted by Crippen LogP contribution is 2.52. The summed E-state index contributed by atoms with van der Waals surface area (Å²) in [7, 11) is 1.95. The lowest BCUT2D eigenvalue weighted by molar-refractivity contribution is -0.145. The number of piperidine rings is 2. The van der Waals surface area contributed by atoms with E-state index in [1.165, 1.54) is 5.56 Å². The largest absolute Gasteiger partial charge is 0.341 e. The number of hydrogen-bond acceptors (Lipinski definition) is 5. The molecule has 0 unspecified atom stereocenters. The minimum Gasteiger partial charge on any atom is -0.341 e. The van der Waals surface area contributed by atoms with Crippen LogP contribution in [-0.4, -0.2) is 57.4 Å². The topological polar surface area (TPSA) is 99.5 Å². The molecule has 160 valence electrons.